The van der Waals surface area contributed by atoms with Gasteiger partial charge in [0.15, 0.2) is 0 Å². The smallest absolute Gasteiger partial charge is 0.130 e. The van der Waals surface area contributed by atoms with E-state index < -0.39 is 5.67 Å². The van der Waals surface area contributed by atoms with Gasteiger partial charge in [0.25, 0.3) is 0 Å². The molecule has 0 amide bonds. The molecule has 0 bridgehead atoms. The average molecular weight is 181 g/mol. The molecular weight excluding hydrogens is 165 g/mol. The summed E-state index contributed by atoms with van der Waals surface area (Å²) in [5.41, 5.74) is 6.00. The fourth-order valence-corrected chi connectivity index (χ4v) is 1.44. The van der Waals surface area contributed by atoms with Crippen LogP contribution < -0.4 is 5.73 Å². The van der Waals surface area contributed by atoms with Crippen molar-refractivity contribution < 1.29 is 4.39 Å². The van der Waals surface area contributed by atoms with Crippen molar-refractivity contribution in [2.75, 3.05) is 0 Å². The lowest BCUT2D eigenvalue weighted by atomic mass is 9.92. The molecular formula is C11H16FN. The van der Waals surface area contributed by atoms with Crippen molar-refractivity contribution in [3.63, 3.8) is 0 Å². The lowest BCUT2D eigenvalue weighted by molar-refractivity contribution is 0.219. The maximum atomic E-state index is 13.7. The summed E-state index contributed by atoms with van der Waals surface area (Å²) in [4.78, 5) is 0. The van der Waals surface area contributed by atoms with Crippen molar-refractivity contribution in [1.29, 1.82) is 0 Å². The van der Waals surface area contributed by atoms with E-state index in [1.165, 1.54) is 0 Å². The number of hydrogen-bond acceptors (Lipinski definition) is 1. The highest BCUT2D eigenvalue weighted by molar-refractivity contribution is 5.33. The van der Waals surface area contributed by atoms with E-state index in [1.54, 1.807) is 19.9 Å². The Morgan fingerprint density at radius 2 is 1.85 bits per heavy atom. The van der Waals surface area contributed by atoms with Crippen LogP contribution in [0.15, 0.2) is 24.3 Å². The van der Waals surface area contributed by atoms with E-state index in [9.17, 15) is 4.39 Å². The van der Waals surface area contributed by atoms with Gasteiger partial charge in [0.1, 0.15) is 5.67 Å². The predicted molar refractivity (Wildman–Crippen MR) is 53.2 cm³/mol. The first-order valence-corrected chi connectivity index (χ1v) is 4.47. The topological polar surface area (TPSA) is 26.0 Å². The number of benzene rings is 1. The summed E-state index contributed by atoms with van der Waals surface area (Å²) in [6.07, 6.45) is 0. The number of hydrogen-bond donors (Lipinski definition) is 1. The van der Waals surface area contributed by atoms with Gasteiger partial charge in [0.2, 0.25) is 0 Å². The van der Waals surface area contributed by atoms with Gasteiger partial charge in [-0.3, -0.25) is 0 Å². The Labute approximate surface area is 78.8 Å². The van der Waals surface area contributed by atoms with Crippen molar-refractivity contribution in [3.8, 4) is 0 Å². The quantitative estimate of drug-likeness (QED) is 0.745. The third-order valence-electron chi connectivity index (χ3n) is 2.09. The second kappa shape index (κ2) is 3.46. The molecule has 0 spiro atoms. The highest BCUT2D eigenvalue weighted by Crippen LogP contribution is 2.29. The van der Waals surface area contributed by atoms with Crippen LogP contribution in [-0.4, -0.2) is 0 Å². The highest BCUT2D eigenvalue weighted by atomic mass is 19.1. The molecule has 1 aromatic rings. The van der Waals surface area contributed by atoms with Gasteiger partial charge in [-0.15, -0.1) is 0 Å². The molecule has 0 heterocycles. The van der Waals surface area contributed by atoms with Gasteiger partial charge in [-0.05, 0) is 31.9 Å². The molecule has 1 nitrogen and oxygen atoms in total. The van der Waals surface area contributed by atoms with Crippen molar-refractivity contribution in [2.45, 2.75) is 32.5 Å². The van der Waals surface area contributed by atoms with Gasteiger partial charge in [-0.25, -0.2) is 4.39 Å². The number of halogens is 1. The fourth-order valence-electron chi connectivity index (χ4n) is 1.44. The van der Waals surface area contributed by atoms with E-state index >= 15 is 0 Å². The summed E-state index contributed by atoms with van der Waals surface area (Å²) in [5, 5.41) is 0. The van der Waals surface area contributed by atoms with Crippen molar-refractivity contribution in [1.82, 2.24) is 0 Å². The Hall–Kier alpha value is -0.890. The minimum absolute atomic E-state index is 0.119. The Kier molecular flexibility index (Phi) is 2.71. The minimum Gasteiger partial charge on any atom is -0.324 e. The van der Waals surface area contributed by atoms with E-state index in [4.69, 9.17) is 5.73 Å². The third kappa shape index (κ3) is 2.28. The molecule has 0 saturated carbocycles. The monoisotopic (exact) mass is 181 g/mol. The molecule has 1 rings (SSSR count). The zero-order valence-corrected chi connectivity index (χ0v) is 8.34. The average Bonchev–Trinajstić information content (AvgIpc) is 2.03. The van der Waals surface area contributed by atoms with Gasteiger partial charge >= 0.3 is 0 Å². The van der Waals surface area contributed by atoms with Gasteiger partial charge in [0.05, 0.1) is 0 Å². The van der Waals surface area contributed by atoms with Crippen LogP contribution in [0, 0.1) is 0 Å². The van der Waals surface area contributed by atoms with Crippen molar-refractivity contribution in [3.05, 3.63) is 35.4 Å². The minimum atomic E-state index is -1.32. The maximum Gasteiger partial charge on any atom is 0.130 e. The van der Waals surface area contributed by atoms with Gasteiger partial charge < -0.3 is 5.73 Å². The molecule has 1 unspecified atom stereocenters. The summed E-state index contributed by atoms with van der Waals surface area (Å²) in [6, 6.07) is 7.27. The Balaban J connectivity index is 3.20. The summed E-state index contributed by atoms with van der Waals surface area (Å²) >= 11 is 0. The molecule has 2 heteroatoms. The Morgan fingerprint density at radius 1 is 1.31 bits per heavy atom. The highest BCUT2D eigenvalue weighted by Gasteiger charge is 2.22. The molecule has 0 aliphatic heterocycles. The number of nitrogens with two attached hydrogens (primary N) is 1. The lowest BCUT2D eigenvalue weighted by Gasteiger charge is -2.20. The second-order valence-corrected chi connectivity index (χ2v) is 3.85. The van der Waals surface area contributed by atoms with Gasteiger partial charge in [-0.2, -0.15) is 0 Å². The van der Waals surface area contributed by atoms with E-state index in [0.29, 0.717) is 5.56 Å². The van der Waals surface area contributed by atoms with Gasteiger partial charge in [0, 0.05) is 6.04 Å². The van der Waals surface area contributed by atoms with Crippen LogP contribution >= 0.6 is 0 Å². The molecule has 0 saturated heterocycles. The first-order valence-electron chi connectivity index (χ1n) is 4.47. The van der Waals surface area contributed by atoms with Crippen LogP contribution in [0.3, 0.4) is 0 Å². The third-order valence-corrected chi connectivity index (χ3v) is 2.09. The normalized spacial score (nSPS) is 14.2. The fraction of sp³-hybridized carbons (Fsp3) is 0.455. The predicted octanol–water partition coefficient (Wildman–Crippen LogP) is 2.91. The zero-order valence-electron chi connectivity index (χ0n) is 8.34. The molecule has 0 fully saturated rings. The molecule has 1 atom stereocenters. The summed E-state index contributed by atoms with van der Waals surface area (Å²) in [5.74, 6) is 0. The van der Waals surface area contributed by atoms with Crippen LogP contribution in [0.1, 0.15) is 37.9 Å². The van der Waals surface area contributed by atoms with Crippen molar-refractivity contribution in [2.24, 2.45) is 5.73 Å². The lowest BCUT2D eigenvalue weighted by Crippen LogP contribution is -2.16. The molecule has 0 aliphatic carbocycles. The second-order valence-electron chi connectivity index (χ2n) is 3.85. The Bertz CT molecular complexity index is 286. The number of rotatable bonds is 2. The van der Waals surface area contributed by atoms with Crippen LogP contribution in [0.25, 0.3) is 0 Å². The van der Waals surface area contributed by atoms with Crippen LogP contribution in [0.4, 0.5) is 4.39 Å². The molecule has 13 heavy (non-hydrogen) atoms. The molecule has 0 aromatic heterocycles. The molecule has 72 valence electrons. The number of alkyl halides is 1. The van der Waals surface area contributed by atoms with E-state index in [-0.39, 0.29) is 6.04 Å². The van der Waals surface area contributed by atoms with Gasteiger partial charge in [-0.1, -0.05) is 24.3 Å². The van der Waals surface area contributed by atoms with Crippen LogP contribution in [-0.2, 0) is 5.67 Å². The SMILES string of the molecule is CC(N)c1ccccc1C(C)(C)F. The van der Waals surface area contributed by atoms with Crippen LogP contribution in [0.2, 0.25) is 0 Å². The molecule has 0 aliphatic rings. The van der Waals surface area contributed by atoms with Crippen LogP contribution in [0.5, 0.6) is 0 Å². The summed E-state index contributed by atoms with van der Waals surface area (Å²) in [6.45, 7) is 4.97. The van der Waals surface area contributed by atoms with E-state index in [1.807, 2.05) is 25.1 Å². The maximum absolute atomic E-state index is 13.7. The first kappa shape index (κ1) is 10.2. The molecule has 0 radical (unpaired) electrons. The zero-order chi connectivity index (χ0) is 10.1. The molecule has 2 N–H and O–H groups in total. The standard InChI is InChI=1S/C11H16FN/c1-8(13)9-6-4-5-7-10(9)11(2,3)12/h4-8H,13H2,1-3H3. The van der Waals surface area contributed by atoms with E-state index in [2.05, 4.69) is 0 Å². The molecule has 1 aromatic carbocycles. The van der Waals surface area contributed by atoms with E-state index in [0.717, 1.165) is 5.56 Å². The summed E-state index contributed by atoms with van der Waals surface area (Å²) < 4.78 is 13.7. The largest absolute Gasteiger partial charge is 0.324 e. The first-order chi connectivity index (χ1) is 5.93. The van der Waals surface area contributed by atoms with Crippen molar-refractivity contribution >= 4 is 0 Å². The Morgan fingerprint density at radius 3 is 2.23 bits per heavy atom. The summed E-state index contributed by atoms with van der Waals surface area (Å²) in [7, 11) is 0.